The van der Waals surface area contributed by atoms with Crippen LogP contribution in [0.1, 0.15) is 37.0 Å². The normalized spacial score (nSPS) is 20.8. The highest BCUT2D eigenvalue weighted by Gasteiger charge is 2.39. The zero-order chi connectivity index (χ0) is 22.5. The van der Waals surface area contributed by atoms with E-state index in [1.54, 1.807) is 16.2 Å². The molecule has 5 rings (SSSR count). The second-order valence-electron chi connectivity index (χ2n) is 8.71. The molecule has 1 saturated carbocycles. The molecule has 0 radical (unpaired) electrons. The predicted molar refractivity (Wildman–Crippen MR) is 128 cm³/mol. The van der Waals surface area contributed by atoms with Gasteiger partial charge in [0, 0.05) is 32.8 Å². The van der Waals surface area contributed by atoms with Crippen LogP contribution in [0.2, 0.25) is 0 Å². The summed E-state index contributed by atoms with van der Waals surface area (Å²) in [5.41, 5.74) is 0.632. The van der Waals surface area contributed by atoms with Gasteiger partial charge in [-0.3, -0.25) is 14.2 Å². The van der Waals surface area contributed by atoms with Gasteiger partial charge in [0.25, 0.3) is 5.56 Å². The summed E-state index contributed by atoms with van der Waals surface area (Å²) in [5, 5.41) is 2.49. The molecular formula is C22H25N3O4S3. The Kier molecular flexibility index (Phi) is 5.71. The first-order valence-electron chi connectivity index (χ1n) is 10.9. The Morgan fingerprint density at radius 3 is 2.66 bits per heavy atom. The smallest absolute Gasteiger partial charge is 0.263 e. The largest absolute Gasteiger partial charge is 0.334 e. The first kappa shape index (κ1) is 21.8. The molecule has 7 nitrogen and oxygen atoms in total. The standard InChI is InChI=1S/C22H25N3O4S3/c1-14-6-7-18(31-14)17-11-30-21-20(17)22(27)24(13-23-21)10-19(26)25(15-4-2-3-5-15)16-8-9-32(28,29)12-16/h6-7,11,13,15-16H,2-5,8-10,12H2,1H3. The number of thiophene rings is 2. The highest BCUT2D eigenvalue weighted by molar-refractivity contribution is 7.91. The fourth-order valence-corrected chi connectivity index (χ4v) is 8.52. The third-order valence-electron chi connectivity index (χ3n) is 6.48. The Labute approximate surface area is 194 Å². The molecule has 2 aliphatic rings. The number of aryl methyl sites for hydroxylation is 1. The van der Waals surface area contributed by atoms with Crippen LogP contribution in [0.4, 0.5) is 0 Å². The Hall–Kier alpha value is -2.04. The van der Waals surface area contributed by atoms with Gasteiger partial charge in [-0.2, -0.15) is 0 Å². The summed E-state index contributed by atoms with van der Waals surface area (Å²) in [7, 11) is -3.11. The van der Waals surface area contributed by atoms with Crippen LogP contribution in [0.15, 0.2) is 28.6 Å². The van der Waals surface area contributed by atoms with Crippen molar-refractivity contribution in [2.24, 2.45) is 0 Å². The van der Waals surface area contributed by atoms with Crippen LogP contribution >= 0.6 is 22.7 Å². The van der Waals surface area contributed by atoms with E-state index in [1.165, 1.54) is 22.2 Å². The van der Waals surface area contributed by atoms with Gasteiger partial charge in [-0.25, -0.2) is 13.4 Å². The Morgan fingerprint density at radius 1 is 1.22 bits per heavy atom. The molecule has 2 fully saturated rings. The molecule has 1 aliphatic carbocycles. The SMILES string of the molecule is Cc1ccc(-c2csc3ncn(CC(=O)N(C4CCCC4)C4CCS(=O)(=O)C4)c(=O)c23)s1. The number of amides is 1. The van der Waals surface area contributed by atoms with Crippen LogP contribution in [0.5, 0.6) is 0 Å². The predicted octanol–water partition coefficient (Wildman–Crippen LogP) is 3.45. The Balaban J connectivity index is 1.48. The summed E-state index contributed by atoms with van der Waals surface area (Å²) in [6.07, 6.45) is 5.78. The molecule has 0 bridgehead atoms. The number of carbonyl (C=O) groups is 1. The lowest BCUT2D eigenvalue weighted by atomic mass is 10.1. The molecule has 0 spiro atoms. The third-order valence-corrected chi connectivity index (χ3v) is 10.2. The lowest BCUT2D eigenvalue weighted by molar-refractivity contribution is -0.136. The van der Waals surface area contributed by atoms with E-state index >= 15 is 0 Å². The van der Waals surface area contributed by atoms with E-state index in [0.29, 0.717) is 16.6 Å². The third kappa shape index (κ3) is 4.04. The minimum atomic E-state index is -3.11. The van der Waals surface area contributed by atoms with Crippen molar-refractivity contribution in [1.82, 2.24) is 14.5 Å². The van der Waals surface area contributed by atoms with Gasteiger partial charge in [-0.1, -0.05) is 12.8 Å². The van der Waals surface area contributed by atoms with E-state index < -0.39 is 9.84 Å². The van der Waals surface area contributed by atoms with Crippen molar-refractivity contribution < 1.29 is 13.2 Å². The molecule has 1 unspecified atom stereocenters. The zero-order valence-electron chi connectivity index (χ0n) is 17.8. The van der Waals surface area contributed by atoms with Crippen molar-refractivity contribution in [3.05, 3.63) is 39.1 Å². The second-order valence-corrected chi connectivity index (χ2v) is 13.1. The number of carbonyl (C=O) groups excluding carboxylic acids is 1. The molecule has 1 atom stereocenters. The number of nitrogens with zero attached hydrogens (tertiary/aromatic N) is 3. The van der Waals surface area contributed by atoms with E-state index in [-0.39, 0.29) is 41.6 Å². The van der Waals surface area contributed by atoms with Crippen molar-refractivity contribution in [2.45, 2.75) is 57.7 Å². The number of aromatic nitrogens is 2. The summed E-state index contributed by atoms with van der Waals surface area (Å²) < 4.78 is 25.6. The van der Waals surface area contributed by atoms with Crippen molar-refractivity contribution in [3.8, 4) is 10.4 Å². The van der Waals surface area contributed by atoms with E-state index in [1.807, 2.05) is 24.4 Å². The zero-order valence-corrected chi connectivity index (χ0v) is 20.3. The second kappa shape index (κ2) is 8.39. The minimum Gasteiger partial charge on any atom is -0.334 e. The number of fused-ring (bicyclic) bond motifs is 1. The first-order chi connectivity index (χ1) is 15.3. The van der Waals surface area contributed by atoms with E-state index in [9.17, 15) is 18.0 Å². The summed E-state index contributed by atoms with van der Waals surface area (Å²) in [5.74, 6) is -0.0421. The molecule has 1 saturated heterocycles. The van der Waals surface area contributed by atoms with E-state index in [0.717, 1.165) is 41.0 Å². The van der Waals surface area contributed by atoms with Gasteiger partial charge in [-0.05, 0) is 38.3 Å². The lowest BCUT2D eigenvalue weighted by Crippen LogP contribution is -2.49. The van der Waals surface area contributed by atoms with Crippen molar-refractivity contribution >= 4 is 48.6 Å². The Bertz CT molecular complexity index is 1330. The van der Waals surface area contributed by atoms with Gasteiger partial charge in [-0.15, -0.1) is 22.7 Å². The van der Waals surface area contributed by atoms with Gasteiger partial charge in [0.05, 0.1) is 23.2 Å². The van der Waals surface area contributed by atoms with Crippen molar-refractivity contribution in [1.29, 1.82) is 0 Å². The maximum atomic E-state index is 13.4. The summed E-state index contributed by atoms with van der Waals surface area (Å²) in [6.45, 7) is 1.91. The van der Waals surface area contributed by atoms with Crippen molar-refractivity contribution in [2.75, 3.05) is 11.5 Å². The van der Waals surface area contributed by atoms with Crippen molar-refractivity contribution in [3.63, 3.8) is 0 Å². The summed E-state index contributed by atoms with van der Waals surface area (Å²) >= 11 is 3.05. The number of rotatable bonds is 5. The van der Waals surface area contributed by atoms with E-state index in [2.05, 4.69) is 4.98 Å². The molecule has 3 aromatic heterocycles. The molecule has 0 aromatic carbocycles. The number of sulfone groups is 1. The molecular weight excluding hydrogens is 466 g/mol. The van der Waals surface area contributed by atoms with Gasteiger partial charge < -0.3 is 4.90 Å². The first-order valence-corrected chi connectivity index (χ1v) is 14.4. The lowest BCUT2D eigenvalue weighted by Gasteiger charge is -2.34. The number of hydrogen-bond acceptors (Lipinski definition) is 7. The average Bonchev–Trinajstić information content (AvgIpc) is 3.52. The molecule has 1 amide bonds. The molecule has 10 heteroatoms. The molecule has 4 heterocycles. The van der Waals surface area contributed by atoms with Gasteiger partial charge in [0.2, 0.25) is 5.91 Å². The average molecular weight is 492 g/mol. The van der Waals surface area contributed by atoms with Gasteiger partial charge in [0.1, 0.15) is 11.4 Å². The summed E-state index contributed by atoms with van der Waals surface area (Å²) in [4.78, 5) is 35.9. The highest BCUT2D eigenvalue weighted by Crippen LogP contribution is 2.35. The van der Waals surface area contributed by atoms with Crippen LogP contribution in [0.25, 0.3) is 20.7 Å². The highest BCUT2D eigenvalue weighted by atomic mass is 32.2. The molecule has 32 heavy (non-hydrogen) atoms. The fourth-order valence-electron chi connectivity index (χ4n) is 4.95. The molecule has 0 N–H and O–H groups in total. The molecule has 3 aromatic rings. The van der Waals surface area contributed by atoms with E-state index in [4.69, 9.17) is 0 Å². The maximum absolute atomic E-state index is 13.4. The monoisotopic (exact) mass is 491 g/mol. The van der Waals surface area contributed by atoms with Crippen LogP contribution in [-0.2, 0) is 21.2 Å². The van der Waals surface area contributed by atoms with Crippen LogP contribution in [-0.4, -0.2) is 52.4 Å². The quantitative estimate of drug-likeness (QED) is 0.545. The molecule has 1 aliphatic heterocycles. The van der Waals surface area contributed by atoms with Gasteiger partial charge >= 0.3 is 0 Å². The minimum absolute atomic E-state index is 0.0217. The topological polar surface area (TPSA) is 89.3 Å². The van der Waals surface area contributed by atoms with Crippen LogP contribution in [0, 0.1) is 6.92 Å². The molecule has 170 valence electrons. The van der Waals surface area contributed by atoms with Crippen LogP contribution in [0.3, 0.4) is 0 Å². The fraction of sp³-hybridized carbons (Fsp3) is 0.500. The van der Waals surface area contributed by atoms with Gasteiger partial charge in [0.15, 0.2) is 9.84 Å². The van der Waals surface area contributed by atoms with Crippen LogP contribution < -0.4 is 5.56 Å². The number of hydrogen-bond donors (Lipinski definition) is 0. The summed E-state index contributed by atoms with van der Waals surface area (Å²) in [6, 6.07) is 3.79. The Morgan fingerprint density at radius 2 is 2.00 bits per heavy atom. The maximum Gasteiger partial charge on any atom is 0.263 e.